The number of nitrogens with zero attached hydrogens (tertiary/aromatic N) is 2. The molecule has 0 saturated heterocycles. The van der Waals surface area contributed by atoms with Crippen LogP contribution < -0.4 is 15.4 Å². The number of carbonyl (C=O) groups excluding carboxylic acids is 1. The third-order valence-corrected chi connectivity index (χ3v) is 8.24. The number of anilines is 1. The Labute approximate surface area is 250 Å². The molecule has 5 rings (SSSR count). The largest absolute Gasteiger partial charge is 0.489 e. The Morgan fingerprint density at radius 2 is 1.72 bits per heavy atom. The second-order valence-corrected chi connectivity index (χ2v) is 12.3. The van der Waals surface area contributed by atoms with Crippen LogP contribution in [0.25, 0.3) is 0 Å². The molecule has 0 spiro atoms. The maximum absolute atomic E-state index is 14.0. The average molecular weight is 586 g/mol. The van der Waals surface area contributed by atoms with Gasteiger partial charge in [-0.05, 0) is 79.6 Å². The van der Waals surface area contributed by atoms with Crippen molar-refractivity contribution < 1.29 is 22.7 Å². The molecule has 1 unspecified atom stereocenters. The Morgan fingerprint density at radius 3 is 2.37 bits per heavy atom. The second kappa shape index (κ2) is 11.0. The standard InChI is InChI=1S/C35H34F3N3O2/c1-20-9-11-26(12-10-20)43-19-23-13-21(2)14-27(22(23)3)31-28(18-39)33(40)41(25-8-6-7-24(15-25)35(36,37)38)29-16-34(4,5)17-30(42)32(29)31/h6-15,31H,16-17,19,40H2,1-5H3. The number of aryl methyl sites for hydroxylation is 2. The molecule has 5 nitrogen and oxygen atoms in total. The van der Waals surface area contributed by atoms with Crippen molar-refractivity contribution in [2.75, 3.05) is 4.90 Å². The minimum absolute atomic E-state index is 0.0226. The monoisotopic (exact) mass is 585 g/mol. The lowest BCUT2D eigenvalue weighted by Gasteiger charge is -2.44. The molecular weight excluding hydrogens is 551 g/mol. The van der Waals surface area contributed by atoms with Crippen molar-refractivity contribution in [2.45, 2.75) is 66.2 Å². The van der Waals surface area contributed by atoms with Crippen LogP contribution in [0, 0.1) is 37.5 Å². The van der Waals surface area contributed by atoms with Gasteiger partial charge in [-0.2, -0.15) is 18.4 Å². The van der Waals surface area contributed by atoms with E-state index < -0.39 is 23.1 Å². The van der Waals surface area contributed by atoms with Gasteiger partial charge in [-0.1, -0.05) is 55.3 Å². The van der Waals surface area contributed by atoms with E-state index in [9.17, 15) is 23.2 Å². The molecule has 2 aliphatic rings. The molecule has 0 radical (unpaired) electrons. The van der Waals surface area contributed by atoms with Crippen molar-refractivity contribution in [3.63, 3.8) is 0 Å². The van der Waals surface area contributed by atoms with E-state index in [-0.39, 0.29) is 35.9 Å². The number of halogens is 3. The number of alkyl halides is 3. The van der Waals surface area contributed by atoms with Crippen molar-refractivity contribution in [1.82, 2.24) is 0 Å². The number of ether oxygens (including phenoxy) is 1. The molecule has 43 heavy (non-hydrogen) atoms. The fourth-order valence-corrected chi connectivity index (χ4v) is 6.15. The Bertz CT molecular complexity index is 1710. The van der Waals surface area contributed by atoms with E-state index in [0.717, 1.165) is 45.7 Å². The third-order valence-electron chi connectivity index (χ3n) is 8.24. The summed E-state index contributed by atoms with van der Waals surface area (Å²) in [6.45, 7) is 10.1. The van der Waals surface area contributed by atoms with E-state index in [1.54, 1.807) is 0 Å². The molecule has 1 atom stereocenters. The van der Waals surface area contributed by atoms with Crippen molar-refractivity contribution in [3.05, 3.63) is 117 Å². The third kappa shape index (κ3) is 5.77. The number of nitrogens with two attached hydrogens (primary N) is 1. The summed E-state index contributed by atoms with van der Waals surface area (Å²) >= 11 is 0. The van der Waals surface area contributed by atoms with Crippen LogP contribution in [0.3, 0.4) is 0 Å². The summed E-state index contributed by atoms with van der Waals surface area (Å²) in [4.78, 5) is 15.4. The lowest BCUT2D eigenvalue weighted by molar-refractivity contribution is -0.137. The van der Waals surface area contributed by atoms with Crippen molar-refractivity contribution >= 4 is 11.5 Å². The second-order valence-electron chi connectivity index (χ2n) is 12.3. The topological polar surface area (TPSA) is 79.3 Å². The molecule has 1 heterocycles. The number of allylic oxidation sites excluding steroid dienone is 3. The van der Waals surface area contributed by atoms with Gasteiger partial charge >= 0.3 is 6.18 Å². The highest BCUT2D eigenvalue weighted by molar-refractivity contribution is 6.01. The number of benzene rings is 3. The average Bonchev–Trinajstić information content (AvgIpc) is 2.92. The first-order valence-electron chi connectivity index (χ1n) is 14.1. The van der Waals surface area contributed by atoms with Crippen LogP contribution in [0.2, 0.25) is 0 Å². The number of hydrogen-bond donors (Lipinski definition) is 1. The lowest BCUT2D eigenvalue weighted by Crippen LogP contribution is -2.42. The van der Waals surface area contributed by atoms with Crippen LogP contribution >= 0.6 is 0 Å². The van der Waals surface area contributed by atoms with Gasteiger partial charge in [0, 0.05) is 23.4 Å². The molecule has 3 aromatic carbocycles. The van der Waals surface area contributed by atoms with Gasteiger partial charge in [-0.25, -0.2) is 0 Å². The number of rotatable bonds is 5. The van der Waals surface area contributed by atoms with Gasteiger partial charge < -0.3 is 10.5 Å². The molecule has 1 aliphatic carbocycles. The molecule has 3 aromatic rings. The number of ketones is 1. The van der Waals surface area contributed by atoms with E-state index >= 15 is 0 Å². The Hall–Kier alpha value is -4.51. The normalized spacial score (nSPS) is 18.4. The quantitative estimate of drug-likeness (QED) is 0.327. The zero-order valence-corrected chi connectivity index (χ0v) is 24.9. The maximum atomic E-state index is 14.0. The van der Waals surface area contributed by atoms with Gasteiger partial charge in [-0.3, -0.25) is 9.69 Å². The van der Waals surface area contributed by atoms with Crippen LogP contribution in [0.4, 0.5) is 18.9 Å². The van der Waals surface area contributed by atoms with Crippen molar-refractivity contribution in [1.29, 1.82) is 5.26 Å². The molecule has 0 amide bonds. The summed E-state index contributed by atoms with van der Waals surface area (Å²) in [5.41, 5.74) is 11.2. The summed E-state index contributed by atoms with van der Waals surface area (Å²) in [6.07, 6.45) is -3.93. The number of carbonyl (C=O) groups is 1. The number of hydrogen-bond acceptors (Lipinski definition) is 5. The lowest BCUT2D eigenvalue weighted by atomic mass is 9.68. The molecule has 8 heteroatoms. The Morgan fingerprint density at radius 1 is 1.02 bits per heavy atom. The SMILES string of the molecule is Cc1ccc(OCc2cc(C)cc(C3C(C#N)=C(N)N(c4cccc(C(F)(F)F)c4)C4=C3C(=O)CC(C)(C)C4)c2C)cc1. The minimum Gasteiger partial charge on any atom is -0.489 e. The summed E-state index contributed by atoms with van der Waals surface area (Å²) < 4.78 is 47.2. The van der Waals surface area contributed by atoms with E-state index in [2.05, 4.69) is 6.07 Å². The maximum Gasteiger partial charge on any atom is 0.416 e. The predicted molar refractivity (Wildman–Crippen MR) is 160 cm³/mol. The van der Waals surface area contributed by atoms with E-state index in [4.69, 9.17) is 10.5 Å². The fourth-order valence-electron chi connectivity index (χ4n) is 6.15. The van der Waals surface area contributed by atoms with Crippen LogP contribution in [-0.2, 0) is 17.6 Å². The van der Waals surface area contributed by atoms with Crippen LogP contribution in [0.5, 0.6) is 5.75 Å². The van der Waals surface area contributed by atoms with E-state index in [0.29, 0.717) is 17.7 Å². The van der Waals surface area contributed by atoms with Gasteiger partial charge in [0.1, 0.15) is 18.2 Å². The first kappa shape index (κ1) is 30.0. The van der Waals surface area contributed by atoms with Gasteiger partial charge in [0.25, 0.3) is 0 Å². The highest BCUT2D eigenvalue weighted by atomic mass is 19.4. The molecular formula is C35H34F3N3O2. The fraction of sp³-hybridized carbons (Fsp3) is 0.314. The first-order chi connectivity index (χ1) is 20.2. The Kier molecular flexibility index (Phi) is 7.64. The summed E-state index contributed by atoms with van der Waals surface area (Å²) in [5.74, 6) is -0.163. The van der Waals surface area contributed by atoms with Gasteiger partial charge in [0.2, 0.25) is 0 Å². The molecule has 2 N–H and O–H groups in total. The van der Waals surface area contributed by atoms with Crippen LogP contribution in [0.15, 0.2) is 83.3 Å². The molecule has 1 aliphatic heterocycles. The van der Waals surface area contributed by atoms with Crippen LogP contribution in [-0.4, -0.2) is 5.78 Å². The van der Waals surface area contributed by atoms with Crippen LogP contribution in [0.1, 0.15) is 66.0 Å². The number of nitriles is 1. The van der Waals surface area contributed by atoms with Crippen molar-refractivity contribution in [2.24, 2.45) is 11.1 Å². The minimum atomic E-state index is -4.57. The zero-order valence-electron chi connectivity index (χ0n) is 24.9. The van der Waals surface area contributed by atoms with Gasteiger partial charge in [0.15, 0.2) is 5.78 Å². The first-order valence-corrected chi connectivity index (χ1v) is 14.1. The summed E-state index contributed by atoms with van der Waals surface area (Å²) in [6, 6.07) is 18.8. The molecule has 0 saturated carbocycles. The van der Waals surface area contributed by atoms with Gasteiger partial charge in [0.05, 0.1) is 23.1 Å². The Balaban J connectivity index is 1.68. The van der Waals surface area contributed by atoms with Gasteiger partial charge in [-0.15, -0.1) is 0 Å². The highest BCUT2D eigenvalue weighted by Gasteiger charge is 2.45. The van der Waals surface area contributed by atoms with E-state index in [1.807, 2.05) is 71.0 Å². The molecule has 0 bridgehead atoms. The highest BCUT2D eigenvalue weighted by Crippen LogP contribution is 2.51. The summed E-state index contributed by atoms with van der Waals surface area (Å²) in [7, 11) is 0. The number of Topliss-reactive ketones (excluding diaryl/α,β-unsaturated/α-hetero) is 1. The van der Waals surface area contributed by atoms with Crippen molar-refractivity contribution in [3.8, 4) is 11.8 Å². The summed E-state index contributed by atoms with van der Waals surface area (Å²) in [5, 5.41) is 10.5. The molecule has 222 valence electrons. The molecule has 0 aromatic heterocycles. The molecule has 0 fully saturated rings. The predicted octanol–water partition coefficient (Wildman–Crippen LogP) is 8.15. The smallest absolute Gasteiger partial charge is 0.416 e. The zero-order chi connectivity index (χ0) is 31.3. The van der Waals surface area contributed by atoms with E-state index in [1.165, 1.54) is 17.0 Å².